The molecular weight excluding hydrogens is 164 g/mol. The van der Waals surface area contributed by atoms with Crippen LogP contribution in [0.15, 0.2) is 10.2 Å². The first kappa shape index (κ1) is 8.31. The lowest BCUT2D eigenvalue weighted by Gasteiger charge is -2.17. The fourth-order valence-corrected chi connectivity index (χ4v) is 0.728. The summed E-state index contributed by atoms with van der Waals surface area (Å²) in [7, 11) is 1.39. The van der Waals surface area contributed by atoms with Crippen LogP contribution in [0, 0.1) is 4.91 Å². The molecule has 0 aromatic carbocycles. The van der Waals surface area contributed by atoms with Crippen LogP contribution >= 0.6 is 0 Å². The van der Waals surface area contributed by atoms with Gasteiger partial charge in [0.15, 0.2) is 0 Å². The molecule has 0 atom stereocenters. The Hall–Kier alpha value is -1.79. The number of amides is 2. The van der Waals surface area contributed by atoms with Crippen molar-refractivity contribution >= 4 is 17.8 Å². The van der Waals surface area contributed by atoms with Crippen LogP contribution in [0.3, 0.4) is 0 Å². The van der Waals surface area contributed by atoms with Gasteiger partial charge in [-0.3, -0.25) is 25.2 Å². The van der Waals surface area contributed by atoms with E-state index in [1.807, 2.05) is 0 Å². The van der Waals surface area contributed by atoms with Crippen molar-refractivity contribution in [2.45, 2.75) is 6.04 Å². The van der Waals surface area contributed by atoms with Crippen molar-refractivity contribution in [2.24, 2.45) is 10.2 Å². The maximum absolute atomic E-state index is 10.9. The Bertz CT molecular complexity index is 252. The number of guanidine groups is 1. The minimum atomic E-state index is -1.50. The minimum absolute atomic E-state index is 0.0323. The Morgan fingerprint density at radius 1 is 1.25 bits per heavy atom. The van der Waals surface area contributed by atoms with E-state index in [1.54, 1.807) is 0 Å². The number of nitrogens with zero attached hydrogens (tertiary/aromatic N) is 2. The predicted molar refractivity (Wildman–Crippen MR) is 39.2 cm³/mol. The van der Waals surface area contributed by atoms with E-state index in [2.05, 4.69) is 20.8 Å². The topological polar surface area (TPSA) is 100.0 Å². The Morgan fingerprint density at radius 3 is 2.08 bits per heavy atom. The number of nitrogens with one attached hydrogen (secondary N) is 2. The normalized spacial score (nSPS) is 22.8. The third-order valence-electron chi connectivity index (χ3n) is 1.31. The van der Waals surface area contributed by atoms with Crippen LogP contribution in [-0.2, 0) is 9.59 Å². The van der Waals surface area contributed by atoms with Crippen LogP contribution in [0.25, 0.3) is 0 Å². The molecule has 1 aliphatic rings. The molecule has 0 bridgehead atoms. The molecule has 2 amide bonds. The molecule has 1 heterocycles. The number of carbonyl (C=O) groups is 2. The van der Waals surface area contributed by atoms with Gasteiger partial charge in [-0.2, -0.15) is 0 Å². The third kappa shape index (κ3) is 1.29. The number of carbonyl (C=O) groups excluding carboxylic acids is 2. The summed E-state index contributed by atoms with van der Waals surface area (Å²) in [4.78, 5) is 35.2. The van der Waals surface area contributed by atoms with Gasteiger partial charge >= 0.3 is 0 Å². The van der Waals surface area contributed by atoms with Gasteiger partial charge in [0.25, 0.3) is 11.8 Å². The van der Waals surface area contributed by atoms with Crippen molar-refractivity contribution in [3.63, 3.8) is 0 Å². The summed E-state index contributed by atoms with van der Waals surface area (Å²) >= 11 is 0. The Kier molecular flexibility index (Phi) is 2.13. The van der Waals surface area contributed by atoms with E-state index < -0.39 is 17.9 Å². The number of hydrogen-bond acceptors (Lipinski definition) is 5. The number of rotatable bonds is 1. The molecule has 12 heavy (non-hydrogen) atoms. The van der Waals surface area contributed by atoms with E-state index in [-0.39, 0.29) is 5.96 Å². The predicted octanol–water partition coefficient (Wildman–Crippen LogP) is -1.65. The maximum atomic E-state index is 10.9. The van der Waals surface area contributed by atoms with Crippen LogP contribution in [-0.4, -0.2) is 30.9 Å². The first-order chi connectivity index (χ1) is 5.69. The molecule has 0 unspecified atom stereocenters. The van der Waals surface area contributed by atoms with Crippen LogP contribution in [0.2, 0.25) is 0 Å². The summed E-state index contributed by atoms with van der Waals surface area (Å²) in [6, 6.07) is -1.50. The van der Waals surface area contributed by atoms with Crippen molar-refractivity contribution in [1.29, 1.82) is 0 Å². The van der Waals surface area contributed by atoms with Gasteiger partial charge in [0.1, 0.15) is 0 Å². The largest absolute Gasteiger partial charge is 0.294 e. The van der Waals surface area contributed by atoms with E-state index in [0.29, 0.717) is 0 Å². The zero-order valence-electron chi connectivity index (χ0n) is 6.20. The summed E-state index contributed by atoms with van der Waals surface area (Å²) < 4.78 is 0. The highest BCUT2D eigenvalue weighted by Crippen LogP contribution is 1.95. The highest BCUT2D eigenvalue weighted by molar-refractivity contribution is 6.20. The molecule has 0 spiro atoms. The van der Waals surface area contributed by atoms with Crippen molar-refractivity contribution in [1.82, 2.24) is 10.6 Å². The number of nitroso groups, excluding NO2 is 1. The highest BCUT2D eigenvalue weighted by atomic mass is 16.3. The second-order valence-electron chi connectivity index (χ2n) is 2.06. The third-order valence-corrected chi connectivity index (χ3v) is 1.31. The van der Waals surface area contributed by atoms with Crippen molar-refractivity contribution in [2.75, 3.05) is 7.05 Å². The van der Waals surface area contributed by atoms with Crippen LogP contribution in [0.4, 0.5) is 0 Å². The van der Waals surface area contributed by atoms with E-state index in [0.717, 1.165) is 0 Å². The molecule has 7 nitrogen and oxygen atoms in total. The molecule has 7 heteroatoms. The lowest BCUT2D eigenvalue weighted by Crippen LogP contribution is -2.58. The van der Waals surface area contributed by atoms with E-state index in [9.17, 15) is 14.5 Å². The summed E-state index contributed by atoms with van der Waals surface area (Å²) in [5.74, 6) is -1.48. The summed E-state index contributed by atoms with van der Waals surface area (Å²) in [6.07, 6.45) is 0. The molecule has 1 aliphatic heterocycles. The molecule has 64 valence electrons. The summed E-state index contributed by atoms with van der Waals surface area (Å²) in [5.41, 5.74) is 0. The number of aliphatic imine (C=N–C) groups is 1. The van der Waals surface area contributed by atoms with Gasteiger partial charge in [-0.1, -0.05) is 0 Å². The van der Waals surface area contributed by atoms with Gasteiger partial charge in [-0.05, 0) is 5.18 Å². The van der Waals surface area contributed by atoms with Crippen molar-refractivity contribution in [3.8, 4) is 0 Å². The first-order valence-electron chi connectivity index (χ1n) is 3.10. The van der Waals surface area contributed by atoms with E-state index >= 15 is 0 Å². The number of hydrogen-bond donors (Lipinski definition) is 2. The molecule has 0 radical (unpaired) electrons. The molecule has 0 aromatic rings. The molecule has 0 aliphatic carbocycles. The second kappa shape index (κ2) is 3.07. The van der Waals surface area contributed by atoms with Gasteiger partial charge in [-0.15, -0.1) is 4.91 Å². The monoisotopic (exact) mass is 170 g/mol. The molecular formula is C5H6N4O3. The second-order valence-corrected chi connectivity index (χ2v) is 2.06. The Morgan fingerprint density at radius 2 is 1.75 bits per heavy atom. The van der Waals surface area contributed by atoms with Gasteiger partial charge in [0.05, 0.1) is 0 Å². The minimum Gasteiger partial charge on any atom is -0.294 e. The van der Waals surface area contributed by atoms with Gasteiger partial charge in [-0.25, -0.2) is 0 Å². The molecule has 1 rings (SSSR count). The van der Waals surface area contributed by atoms with Crippen molar-refractivity contribution in [3.05, 3.63) is 4.91 Å². The zero-order chi connectivity index (χ0) is 9.14. The lowest BCUT2D eigenvalue weighted by atomic mass is 10.2. The first-order valence-corrected chi connectivity index (χ1v) is 3.10. The van der Waals surface area contributed by atoms with Crippen LogP contribution < -0.4 is 10.6 Å². The molecule has 0 saturated carbocycles. The lowest BCUT2D eigenvalue weighted by molar-refractivity contribution is -0.131. The molecule has 0 aromatic heterocycles. The fourth-order valence-electron chi connectivity index (χ4n) is 0.728. The SMILES string of the molecule is CN=C1NC(=O)C(N=O)C(=O)N1. The van der Waals surface area contributed by atoms with Crippen LogP contribution in [0.5, 0.6) is 0 Å². The van der Waals surface area contributed by atoms with E-state index in [1.165, 1.54) is 7.05 Å². The van der Waals surface area contributed by atoms with Crippen LogP contribution in [0.1, 0.15) is 0 Å². The Labute approximate surface area is 67.2 Å². The summed E-state index contributed by atoms with van der Waals surface area (Å²) in [6.45, 7) is 0. The Balaban J connectivity index is 2.84. The van der Waals surface area contributed by atoms with Gasteiger partial charge in [0, 0.05) is 7.05 Å². The zero-order valence-corrected chi connectivity index (χ0v) is 6.20. The molecule has 2 N–H and O–H groups in total. The smallest absolute Gasteiger partial charge is 0.264 e. The standard InChI is InChI=1S/C5H6N4O3/c1-6-5-7-3(10)2(9-12)4(11)8-5/h2H,1H3,(H2,6,7,8,10,11). The van der Waals surface area contributed by atoms with E-state index in [4.69, 9.17) is 0 Å². The molecule has 1 fully saturated rings. The fraction of sp³-hybridized carbons (Fsp3) is 0.400. The molecule has 1 saturated heterocycles. The average molecular weight is 170 g/mol. The van der Waals surface area contributed by atoms with Crippen molar-refractivity contribution < 1.29 is 9.59 Å². The van der Waals surface area contributed by atoms with Gasteiger partial charge < -0.3 is 0 Å². The summed E-state index contributed by atoms with van der Waals surface area (Å²) in [5, 5.41) is 6.71. The quantitative estimate of drug-likeness (QED) is 0.364. The highest BCUT2D eigenvalue weighted by Gasteiger charge is 2.33. The van der Waals surface area contributed by atoms with Gasteiger partial charge in [0.2, 0.25) is 12.0 Å². The maximum Gasteiger partial charge on any atom is 0.264 e. The average Bonchev–Trinajstić information content (AvgIpc) is 2.03.